The van der Waals surface area contributed by atoms with Crippen molar-refractivity contribution >= 4 is 23.4 Å². The number of carbonyl (C=O) groups is 1. The number of amides is 1. The highest BCUT2D eigenvalue weighted by atomic mass is 32.2. The number of hydrogen-bond acceptors (Lipinski definition) is 5. The van der Waals surface area contributed by atoms with Crippen molar-refractivity contribution in [2.45, 2.75) is 25.4 Å². The molecule has 0 aliphatic rings. The summed E-state index contributed by atoms with van der Waals surface area (Å²) in [5, 5.41) is 12.1. The molecule has 34 heavy (non-hydrogen) atoms. The summed E-state index contributed by atoms with van der Waals surface area (Å²) in [5.41, 5.74) is 3.24. The summed E-state index contributed by atoms with van der Waals surface area (Å²) in [6.07, 6.45) is 0.594. The summed E-state index contributed by atoms with van der Waals surface area (Å²) in [7, 11) is 0. The van der Waals surface area contributed by atoms with E-state index >= 15 is 0 Å². The van der Waals surface area contributed by atoms with Gasteiger partial charge in [-0.1, -0.05) is 48.2 Å². The van der Waals surface area contributed by atoms with Crippen LogP contribution < -0.4 is 10.1 Å². The predicted molar refractivity (Wildman–Crippen MR) is 132 cm³/mol. The standard InChI is InChI=1S/C26H25FN4O2S/c1-3-33-22-13-11-21(12-14-22)31-24(15-19-7-5-4-6-8-19)29-30-26(31)34-17-25(32)28-23-16-20(27)10-9-18(23)2/h4-14,16H,3,15,17H2,1-2H3,(H,28,32). The Balaban J connectivity index is 1.56. The Kier molecular flexibility index (Phi) is 7.59. The molecule has 0 unspecified atom stereocenters. The van der Waals surface area contributed by atoms with Crippen molar-refractivity contribution in [2.24, 2.45) is 0 Å². The van der Waals surface area contributed by atoms with Crippen LogP contribution in [0, 0.1) is 12.7 Å². The number of benzene rings is 3. The minimum absolute atomic E-state index is 0.108. The molecule has 1 N–H and O–H groups in total. The lowest BCUT2D eigenvalue weighted by Gasteiger charge is -2.12. The lowest BCUT2D eigenvalue weighted by atomic mass is 10.1. The zero-order valence-electron chi connectivity index (χ0n) is 19.0. The van der Waals surface area contributed by atoms with Crippen LogP contribution in [0.1, 0.15) is 23.9 Å². The molecule has 1 heterocycles. The molecule has 4 rings (SSSR count). The average Bonchev–Trinajstić information content (AvgIpc) is 3.24. The van der Waals surface area contributed by atoms with E-state index in [1.807, 2.05) is 73.0 Å². The maximum Gasteiger partial charge on any atom is 0.234 e. The van der Waals surface area contributed by atoms with Crippen LogP contribution in [0.4, 0.5) is 10.1 Å². The monoisotopic (exact) mass is 476 g/mol. The maximum absolute atomic E-state index is 13.6. The quantitative estimate of drug-likeness (QED) is 0.326. The van der Waals surface area contributed by atoms with Crippen molar-refractivity contribution in [3.8, 4) is 11.4 Å². The first-order chi connectivity index (χ1) is 16.5. The first-order valence-corrected chi connectivity index (χ1v) is 11.9. The van der Waals surface area contributed by atoms with Crippen molar-refractivity contribution < 1.29 is 13.9 Å². The number of anilines is 1. The number of halogens is 1. The molecule has 4 aromatic rings. The molecule has 0 atom stereocenters. The normalized spacial score (nSPS) is 10.8. The van der Waals surface area contributed by atoms with Gasteiger partial charge in [0.25, 0.3) is 0 Å². The Bertz CT molecular complexity index is 1260. The molecule has 0 spiro atoms. The SMILES string of the molecule is CCOc1ccc(-n2c(Cc3ccccc3)nnc2SCC(=O)Nc2cc(F)ccc2C)cc1. The lowest BCUT2D eigenvalue weighted by molar-refractivity contribution is -0.113. The Labute approximate surface area is 202 Å². The Morgan fingerprint density at radius 2 is 1.82 bits per heavy atom. The number of hydrogen-bond donors (Lipinski definition) is 1. The minimum atomic E-state index is -0.394. The highest BCUT2D eigenvalue weighted by Gasteiger charge is 2.17. The van der Waals surface area contributed by atoms with Gasteiger partial charge in [0, 0.05) is 17.8 Å². The van der Waals surface area contributed by atoms with Crippen LogP contribution in [-0.4, -0.2) is 33.0 Å². The van der Waals surface area contributed by atoms with Gasteiger partial charge in [0.2, 0.25) is 5.91 Å². The molecule has 0 saturated heterocycles. The van der Waals surface area contributed by atoms with E-state index in [2.05, 4.69) is 15.5 Å². The third-order valence-corrected chi connectivity index (χ3v) is 6.05. The van der Waals surface area contributed by atoms with Crippen LogP contribution in [0.15, 0.2) is 78.0 Å². The first-order valence-electron chi connectivity index (χ1n) is 10.9. The van der Waals surface area contributed by atoms with Crippen LogP contribution >= 0.6 is 11.8 Å². The molecule has 0 fully saturated rings. The second-order valence-electron chi connectivity index (χ2n) is 7.62. The fourth-order valence-electron chi connectivity index (χ4n) is 3.45. The third kappa shape index (κ3) is 5.82. The number of nitrogens with one attached hydrogen (secondary N) is 1. The number of nitrogens with zero attached hydrogens (tertiary/aromatic N) is 3. The van der Waals surface area contributed by atoms with E-state index in [4.69, 9.17) is 4.74 Å². The summed E-state index contributed by atoms with van der Waals surface area (Å²) >= 11 is 1.28. The number of thioether (sulfide) groups is 1. The number of carbonyl (C=O) groups excluding carboxylic acids is 1. The van der Waals surface area contributed by atoms with Gasteiger partial charge >= 0.3 is 0 Å². The van der Waals surface area contributed by atoms with Crippen molar-refractivity contribution in [2.75, 3.05) is 17.7 Å². The zero-order valence-corrected chi connectivity index (χ0v) is 19.8. The van der Waals surface area contributed by atoms with E-state index in [1.54, 1.807) is 6.07 Å². The van der Waals surface area contributed by atoms with Gasteiger partial charge in [-0.25, -0.2) is 4.39 Å². The van der Waals surface area contributed by atoms with Crippen molar-refractivity contribution in [3.63, 3.8) is 0 Å². The highest BCUT2D eigenvalue weighted by molar-refractivity contribution is 7.99. The molecule has 1 amide bonds. The fourth-order valence-corrected chi connectivity index (χ4v) is 4.22. The van der Waals surface area contributed by atoms with E-state index in [9.17, 15) is 9.18 Å². The van der Waals surface area contributed by atoms with Crippen molar-refractivity contribution in [1.82, 2.24) is 14.8 Å². The fraction of sp³-hybridized carbons (Fsp3) is 0.192. The van der Waals surface area contributed by atoms with Gasteiger partial charge in [0.05, 0.1) is 12.4 Å². The molecule has 0 bridgehead atoms. The number of aryl methyl sites for hydroxylation is 1. The van der Waals surface area contributed by atoms with Crippen LogP contribution in [0.2, 0.25) is 0 Å². The zero-order chi connectivity index (χ0) is 23.9. The smallest absolute Gasteiger partial charge is 0.234 e. The topological polar surface area (TPSA) is 69.0 Å². The predicted octanol–water partition coefficient (Wildman–Crippen LogP) is 5.44. The number of rotatable bonds is 9. The van der Waals surface area contributed by atoms with Gasteiger partial charge in [0.1, 0.15) is 17.4 Å². The summed E-state index contributed by atoms with van der Waals surface area (Å²) in [6.45, 7) is 4.35. The van der Waals surface area contributed by atoms with Gasteiger partial charge in [-0.2, -0.15) is 0 Å². The molecule has 6 nitrogen and oxygen atoms in total. The maximum atomic E-state index is 13.6. The lowest BCUT2D eigenvalue weighted by Crippen LogP contribution is -2.15. The largest absolute Gasteiger partial charge is 0.494 e. The summed E-state index contributed by atoms with van der Waals surface area (Å²) in [4.78, 5) is 12.6. The Morgan fingerprint density at radius 1 is 1.06 bits per heavy atom. The van der Waals surface area contributed by atoms with Crippen molar-refractivity contribution in [3.05, 3.63) is 95.6 Å². The summed E-state index contributed by atoms with van der Waals surface area (Å²) in [6, 6.07) is 22.0. The van der Waals surface area contributed by atoms with Gasteiger partial charge in [-0.15, -0.1) is 10.2 Å². The molecule has 1 aromatic heterocycles. The van der Waals surface area contributed by atoms with Gasteiger partial charge in [-0.3, -0.25) is 9.36 Å². The summed E-state index contributed by atoms with van der Waals surface area (Å²) in [5.74, 6) is 1.01. The van der Waals surface area contributed by atoms with E-state index in [0.29, 0.717) is 23.9 Å². The van der Waals surface area contributed by atoms with E-state index in [-0.39, 0.29) is 11.7 Å². The second kappa shape index (κ2) is 11.0. The molecule has 0 aliphatic carbocycles. The summed E-state index contributed by atoms with van der Waals surface area (Å²) < 4.78 is 21.1. The molecular weight excluding hydrogens is 451 g/mol. The van der Waals surface area contributed by atoms with Crippen molar-refractivity contribution in [1.29, 1.82) is 0 Å². The second-order valence-corrected chi connectivity index (χ2v) is 8.56. The molecular formula is C26H25FN4O2S. The van der Waals surface area contributed by atoms with Gasteiger partial charge in [-0.05, 0) is 61.4 Å². The van der Waals surface area contributed by atoms with E-state index in [0.717, 1.165) is 28.4 Å². The molecule has 0 saturated carbocycles. The van der Waals surface area contributed by atoms with Crippen LogP contribution in [0.3, 0.4) is 0 Å². The Hall–Kier alpha value is -3.65. The van der Waals surface area contributed by atoms with Gasteiger partial charge < -0.3 is 10.1 Å². The minimum Gasteiger partial charge on any atom is -0.494 e. The molecule has 0 aliphatic heterocycles. The number of aromatic nitrogens is 3. The van der Waals surface area contributed by atoms with Gasteiger partial charge in [0.15, 0.2) is 5.16 Å². The number of ether oxygens (including phenoxy) is 1. The molecule has 0 radical (unpaired) electrons. The average molecular weight is 477 g/mol. The Morgan fingerprint density at radius 3 is 2.56 bits per heavy atom. The van der Waals surface area contributed by atoms with E-state index < -0.39 is 5.82 Å². The molecule has 8 heteroatoms. The highest BCUT2D eigenvalue weighted by Crippen LogP contribution is 2.26. The molecule has 174 valence electrons. The van der Waals surface area contributed by atoms with Crippen LogP contribution in [0.5, 0.6) is 5.75 Å². The molecule has 3 aromatic carbocycles. The third-order valence-electron chi connectivity index (χ3n) is 5.12. The first kappa shape index (κ1) is 23.5. The van der Waals surface area contributed by atoms with Crippen LogP contribution in [-0.2, 0) is 11.2 Å². The van der Waals surface area contributed by atoms with Crippen LogP contribution in [0.25, 0.3) is 5.69 Å². The van der Waals surface area contributed by atoms with E-state index in [1.165, 1.54) is 23.9 Å².